The SMILES string of the molecule is CC(C)(C)c1ccc(C(O)Cc2cccc(F)c2Cl)cc1. The van der Waals surface area contributed by atoms with E-state index < -0.39 is 11.9 Å². The highest BCUT2D eigenvalue weighted by atomic mass is 35.5. The number of aliphatic hydroxyl groups excluding tert-OH is 1. The zero-order chi connectivity index (χ0) is 15.6. The summed E-state index contributed by atoms with van der Waals surface area (Å²) >= 11 is 5.92. The molecular formula is C18H20ClFO. The van der Waals surface area contributed by atoms with E-state index in [0.29, 0.717) is 12.0 Å². The Balaban J connectivity index is 2.17. The Bertz CT molecular complexity index is 614. The van der Waals surface area contributed by atoms with Gasteiger partial charge >= 0.3 is 0 Å². The Hall–Kier alpha value is -1.38. The highest BCUT2D eigenvalue weighted by Gasteiger charge is 2.16. The van der Waals surface area contributed by atoms with Crippen molar-refractivity contribution in [2.75, 3.05) is 0 Å². The quantitative estimate of drug-likeness (QED) is 0.841. The molecule has 1 unspecified atom stereocenters. The van der Waals surface area contributed by atoms with Gasteiger partial charge in [0, 0.05) is 6.42 Å². The molecule has 1 N–H and O–H groups in total. The van der Waals surface area contributed by atoms with Crippen LogP contribution in [0, 0.1) is 5.82 Å². The molecule has 0 bridgehead atoms. The molecule has 3 heteroatoms. The van der Waals surface area contributed by atoms with Gasteiger partial charge in [0.05, 0.1) is 11.1 Å². The van der Waals surface area contributed by atoms with Crippen LogP contribution in [-0.2, 0) is 11.8 Å². The lowest BCUT2D eigenvalue weighted by atomic mass is 9.86. The summed E-state index contributed by atoms with van der Waals surface area (Å²) in [5.74, 6) is -0.454. The van der Waals surface area contributed by atoms with E-state index in [-0.39, 0.29) is 10.4 Å². The fourth-order valence-corrected chi connectivity index (χ4v) is 2.44. The molecule has 0 radical (unpaired) electrons. The lowest BCUT2D eigenvalue weighted by Gasteiger charge is -2.20. The Morgan fingerprint density at radius 3 is 2.29 bits per heavy atom. The van der Waals surface area contributed by atoms with E-state index in [2.05, 4.69) is 20.8 Å². The lowest BCUT2D eigenvalue weighted by Crippen LogP contribution is -2.11. The predicted molar refractivity (Wildman–Crippen MR) is 85.2 cm³/mol. The number of aliphatic hydroxyl groups is 1. The summed E-state index contributed by atoms with van der Waals surface area (Å²) in [6.07, 6.45) is -0.399. The van der Waals surface area contributed by atoms with E-state index in [0.717, 1.165) is 5.56 Å². The number of hydrogen-bond acceptors (Lipinski definition) is 1. The summed E-state index contributed by atoms with van der Waals surface area (Å²) in [6, 6.07) is 12.5. The molecule has 2 rings (SSSR count). The van der Waals surface area contributed by atoms with Gasteiger partial charge in [0.25, 0.3) is 0 Å². The molecule has 21 heavy (non-hydrogen) atoms. The van der Waals surface area contributed by atoms with Crippen LogP contribution in [0.4, 0.5) is 4.39 Å². The predicted octanol–water partition coefficient (Wildman–Crippen LogP) is 5.05. The number of benzene rings is 2. The van der Waals surface area contributed by atoms with Crippen molar-refractivity contribution < 1.29 is 9.50 Å². The minimum atomic E-state index is -0.696. The normalized spacial score (nSPS) is 13.2. The second-order valence-corrected chi connectivity index (χ2v) is 6.68. The highest BCUT2D eigenvalue weighted by Crippen LogP contribution is 2.27. The molecule has 1 nitrogen and oxygen atoms in total. The maximum atomic E-state index is 13.4. The molecule has 2 aromatic carbocycles. The van der Waals surface area contributed by atoms with Crippen LogP contribution in [0.1, 0.15) is 43.6 Å². The van der Waals surface area contributed by atoms with Gasteiger partial charge in [-0.1, -0.05) is 68.8 Å². The maximum Gasteiger partial charge on any atom is 0.142 e. The van der Waals surface area contributed by atoms with Gasteiger partial charge in [-0.15, -0.1) is 0 Å². The first-order valence-electron chi connectivity index (χ1n) is 7.00. The van der Waals surface area contributed by atoms with Crippen LogP contribution in [0.2, 0.25) is 5.02 Å². The zero-order valence-electron chi connectivity index (χ0n) is 12.5. The Morgan fingerprint density at radius 2 is 1.71 bits per heavy atom. The topological polar surface area (TPSA) is 20.2 Å². The number of hydrogen-bond donors (Lipinski definition) is 1. The molecule has 112 valence electrons. The lowest BCUT2D eigenvalue weighted by molar-refractivity contribution is 0.178. The average molecular weight is 307 g/mol. The summed E-state index contributed by atoms with van der Waals surface area (Å²) < 4.78 is 13.4. The van der Waals surface area contributed by atoms with Crippen LogP contribution in [0.15, 0.2) is 42.5 Å². The van der Waals surface area contributed by atoms with E-state index >= 15 is 0 Å². The smallest absolute Gasteiger partial charge is 0.142 e. The molecule has 0 aliphatic carbocycles. The van der Waals surface area contributed by atoms with Gasteiger partial charge in [-0.25, -0.2) is 4.39 Å². The number of halogens is 2. The molecular weight excluding hydrogens is 287 g/mol. The molecule has 0 heterocycles. The summed E-state index contributed by atoms with van der Waals surface area (Å²) in [5, 5.41) is 10.4. The fourth-order valence-electron chi connectivity index (χ4n) is 2.24. The fraction of sp³-hybridized carbons (Fsp3) is 0.333. The van der Waals surface area contributed by atoms with Crippen LogP contribution in [0.5, 0.6) is 0 Å². The second kappa shape index (κ2) is 6.17. The molecule has 0 aliphatic heterocycles. The highest BCUT2D eigenvalue weighted by molar-refractivity contribution is 6.31. The molecule has 0 spiro atoms. The third-order valence-electron chi connectivity index (χ3n) is 3.61. The van der Waals surface area contributed by atoms with E-state index in [1.807, 2.05) is 24.3 Å². The van der Waals surface area contributed by atoms with Crippen molar-refractivity contribution in [2.24, 2.45) is 0 Å². The summed E-state index contributed by atoms with van der Waals surface area (Å²) in [4.78, 5) is 0. The average Bonchev–Trinajstić information content (AvgIpc) is 2.43. The van der Waals surface area contributed by atoms with Gasteiger partial charge in [-0.3, -0.25) is 0 Å². The second-order valence-electron chi connectivity index (χ2n) is 6.30. The third-order valence-corrected chi connectivity index (χ3v) is 4.03. The molecule has 0 amide bonds. The van der Waals surface area contributed by atoms with Gasteiger partial charge in [-0.05, 0) is 28.2 Å². The largest absolute Gasteiger partial charge is 0.388 e. The molecule has 0 fully saturated rings. The van der Waals surface area contributed by atoms with Crippen molar-refractivity contribution in [1.82, 2.24) is 0 Å². The van der Waals surface area contributed by atoms with Crippen molar-refractivity contribution in [3.05, 3.63) is 70.0 Å². The minimum absolute atomic E-state index is 0.0787. The Labute approximate surface area is 130 Å². The van der Waals surface area contributed by atoms with Gasteiger partial charge in [0.15, 0.2) is 0 Å². The standard InChI is InChI=1S/C18H20ClFO/c1-18(2,3)14-9-7-12(8-10-14)16(21)11-13-5-4-6-15(20)17(13)19/h4-10,16,21H,11H2,1-3H3. The van der Waals surface area contributed by atoms with E-state index in [1.165, 1.54) is 11.6 Å². The van der Waals surface area contributed by atoms with E-state index in [4.69, 9.17) is 11.6 Å². The van der Waals surface area contributed by atoms with Crippen molar-refractivity contribution in [3.63, 3.8) is 0 Å². The monoisotopic (exact) mass is 306 g/mol. The van der Waals surface area contributed by atoms with Gasteiger partial charge in [0.2, 0.25) is 0 Å². The first kappa shape index (κ1) is 16.0. The number of rotatable bonds is 3. The van der Waals surface area contributed by atoms with E-state index in [9.17, 15) is 9.50 Å². The van der Waals surface area contributed by atoms with Crippen LogP contribution in [0.3, 0.4) is 0 Å². The van der Waals surface area contributed by atoms with Gasteiger partial charge in [0.1, 0.15) is 5.82 Å². The summed E-state index contributed by atoms with van der Waals surface area (Å²) in [6.45, 7) is 6.43. The molecule has 2 aromatic rings. The zero-order valence-corrected chi connectivity index (χ0v) is 13.3. The van der Waals surface area contributed by atoms with Crippen LogP contribution < -0.4 is 0 Å². The summed E-state index contributed by atoms with van der Waals surface area (Å²) in [7, 11) is 0. The molecule has 0 saturated heterocycles. The van der Waals surface area contributed by atoms with Crippen molar-refractivity contribution in [3.8, 4) is 0 Å². The van der Waals surface area contributed by atoms with Gasteiger partial charge < -0.3 is 5.11 Å². The van der Waals surface area contributed by atoms with Crippen LogP contribution in [0.25, 0.3) is 0 Å². The maximum absolute atomic E-state index is 13.4. The van der Waals surface area contributed by atoms with Crippen LogP contribution in [-0.4, -0.2) is 5.11 Å². The minimum Gasteiger partial charge on any atom is -0.388 e. The Morgan fingerprint density at radius 1 is 1.10 bits per heavy atom. The van der Waals surface area contributed by atoms with E-state index in [1.54, 1.807) is 12.1 Å². The molecule has 0 aliphatic rings. The van der Waals surface area contributed by atoms with Gasteiger partial charge in [-0.2, -0.15) is 0 Å². The van der Waals surface area contributed by atoms with Crippen molar-refractivity contribution in [1.29, 1.82) is 0 Å². The molecule has 0 saturated carbocycles. The molecule has 0 aromatic heterocycles. The first-order valence-corrected chi connectivity index (χ1v) is 7.38. The first-order chi connectivity index (χ1) is 9.79. The molecule has 1 atom stereocenters. The van der Waals surface area contributed by atoms with Crippen molar-refractivity contribution >= 4 is 11.6 Å². The Kier molecular flexibility index (Phi) is 4.70. The third kappa shape index (κ3) is 3.84. The van der Waals surface area contributed by atoms with Crippen molar-refractivity contribution in [2.45, 2.75) is 38.7 Å². The summed E-state index contributed by atoms with van der Waals surface area (Å²) in [5.41, 5.74) is 2.71. The van der Waals surface area contributed by atoms with Crippen LogP contribution >= 0.6 is 11.6 Å².